The van der Waals surface area contributed by atoms with Gasteiger partial charge < -0.3 is 5.32 Å². The second-order valence-electron chi connectivity index (χ2n) is 3.53. The van der Waals surface area contributed by atoms with Crippen molar-refractivity contribution in [3.63, 3.8) is 0 Å². The fraction of sp³-hybridized carbons (Fsp3) is 0.167. The van der Waals surface area contributed by atoms with Crippen molar-refractivity contribution in [3.8, 4) is 6.07 Å². The van der Waals surface area contributed by atoms with Crippen LogP contribution < -0.4 is 5.32 Å². The number of hydrogen-bond acceptors (Lipinski definition) is 3. The molecule has 2 aromatic rings. The molecular weight excluding hydrogens is 200 g/mol. The fourth-order valence-corrected chi connectivity index (χ4v) is 1.49. The van der Waals surface area contributed by atoms with Gasteiger partial charge in [-0.15, -0.1) is 0 Å². The highest BCUT2D eigenvalue weighted by molar-refractivity contribution is 5.43. The Bertz CT molecular complexity index is 522. The topological polar surface area (TPSA) is 53.6 Å². The lowest BCUT2D eigenvalue weighted by Gasteiger charge is -2.04. The lowest BCUT2D eigenvalue weighted by molar-refractivity contribution is 0.768. The Kier molecular flexibility index (Phi) is 2.88. The molecule has 1 heterocycles. The SMILES string of the molecule is Cn1cc(NCc2ccccc2C#N)cn1. The van der Waals surface area contributed by atoms with Crippen LogP contribution in [-0.4, -0.2) is 9.78 Å². The van der Waals surface area contributed by atoms with E-state index in [-0.39, 0.29) is 0 Å². The molecule has 0 saturated heterocycles. The summed E-state index contributed by atoms with van der Waals surface area (Å²) < 4.78 is 1.73. The molecule has 80 valence electrons. The van der Waals surface area contributed by atoms with E-state index >= 15 is 0 Å². The van der Waals surface area contributed by atoms with Gasteiger partial charge in [-0.2, -0.15) is 10.4 Å². The van der Waals surface area contributed by atoms with Crippen LogP contribution in [0.1, 0.15) is 11.1 Å². The van der Waals surface area contributed by atoms with E-state index in [0.717, 1.165) is 11.3 Å². The molecule has 0 atom stereocenters. The van der Waals surface area contributed by atoms with Crippen LogP contribution in [0.4, 0.5) is 5.69 Å². The predicted molar refractivity (Wildman–Crippen MR) is 61.7 cm³/mol. The smallest absolute Gasteiger partial charge is 0.0995 e. The maximum absolute atomic E-state index is 8.93. The molecule has 0 unspecified atom stereocenters. The Labute approximate surface area is 94.1 Å². The van der Waals surface area contributed by atoms with E-state index in [1.807, 2.05) is 37.5 Å². The Morgan fingerprint density at radius 2 is 2.25 bits per heavy atom. The standard InChI is InChI=1S/C12H12N4/c1-16-9-12(8-15-16)14-7-11-5-3-2-4-10(11)6-13/h2-5,8-9,14H,7H2,1H3. The Hall–Kier alpha value is -2.28. The first-order valence-corrected chi connectivity index (χ1v) is 5.00. The van der Waals surface area contributed by atoms with Crippen molar-refractivity contribution in [1.82, 2.24) is 9.78 Å². The molecule has 0 spiro atoms. The summed E-state index contributed by atoms with van der Waals surface area (Å²) in [6.45, 7) is 0.634. The molecular formula is C12H12N4. The van der Waals surface area contributed by atoms with Gasteiger partial charge in [0.15, 0.2) is 0 Å². The van der Waals surface area contributed by atoms with Gasteiger partial charge in [-0.1, -0.05) is 18.2 Å². The van der Waals surface area contributed by atoms with Crippen molar-refractivity contribution in [1.29, 1.82) is 5.26 Å². The van der Waals surface area contributed by atoms with Crippen LogP contribution in [0.15, 0.2) is 36.7 Å². The summed E-state index contributed by atoms with van der Waals surface area (Å²) in [7, 11) is 1.87. The van der Waals surface area contributed by atoms with Crippen LogP contribution in [0.5, 0.6) is 0 Å². The highest BCUT2D eigenvalue weighted by Gasteiger charge is 2.01. The van der Waals surface area contributed by atoms with E-state index in [1.54, 1.807) is 10.9 Å². The second kappa shape index (κ2) is 4.49. The maximum atomic E-state index is 8.93. The van der Waals surface area contributed by atoms with Crippen molar-refractivity contribution in [2.24, 2.45) is 7.05 Å². The summed E-state index contributed by atoms with van der Waals surface area (Å²) >= 11 is 0. The first-order chi connectivity index (χ1) is 7.79. The molecule has 0 aliphatic heterocycles. The van der Waals surface area contributed by atoms with E-state index in [0.29, 0.717) is 12.1 Å². The first-order valence-electron chi connectivity index (χ1n) is 5.00. The average Bonchev–Trinajstić information content (AvgIpc) is 2.73. The minimum absolute atomic E-state index is 0.634. The van der Waals surface area contributed by atoms with Crippen LogP contribution in [0.25, 0.3) is 0 Å². The quantitative estimate of drug-likeness (QED) is 0.845. The fourth-order valence-electron chi connectivity index (χ4n) is 1.49. The summed E-state index contributed by atoms with van der Waals surface area (Å²) in [6, 6.07) is 9.74. The van der Waals surface area contributed by atoms with Gasteiger partial charge >= 0.3 is 0 Å². The predicted octanol–water partition coefficient (Wildman–Crippen LogP) is 1.90. The summed E-state index contributed by atoms with van der Waals surface area (Å²) in [6.07, 6.45) is 3.66. The van der Waals surface area contributed by atoms with Crippen molar-refractivity contribution >= 4 is 5.69 Å². The van der Waals surface area contributed by atoms with Gasteiger partial charge in [0.05, 0.1) is 23.5 Å². The van der Waals surface area contributed by atoms with Gasteiger partial charge in [0, 0.05) is 19.8 Å². The Balaban J connectivity index is 2.08. The highest BCUT2D eigenvalue weighted by atomic mass is 15.3. The monoisotopic (exact) mass is 212 g/mol. The van der Waals surface area contributed by atoms with E-state index < -0.39 is 0 Å². The van der Waals surface area contributed by atoms with E-state index in [9.17, 15) is 0 Å². The number of rotatable bonds is 3. The summed E-state index contributed by atoms with van der Waals surface area (Å²) in [4.78, 5) is 0. The average molecular weight is 212 g/mol. The zero-order valence-electron chi connectivity index (χ0n) is 9.01. The number of hydrogen-bond donors (Lipinski definition) is 1. The van der Waals surface area contributed by atoms with Crippen LogP contribution >= 0.6 is 0 Å². The summed E-state index contributed by atoms with van der Waals surface area (Å²) in [5.74, 6) is 0. The number of nitrogens with zero attached hydrogens (tertiary/aromatic N) is 3. The second-order valence-corrected chi connectivity index (χ2v) is 3.53. The van der Waals surface area contributed by atoms with Gasteiger partial charge in [0.2, 0.25) is 0 Å². The van der Waals surface area contributed by atoms with Crippen LogP contribution in [0.2, 0.25) is 0 Å². The number of aromatic nitrogens is 2. The highest BCUT2D eigenvalue weighted by Crippen LogP contribution is 2.10. The maximum Gasteiger partial charge on any atom is 0.0995 e. The normalized spacial score (nSPS) is 9.75. The van der Waals surface area contributed by atoms with Crippen LogP contribution in [0.3, 0.4) is 0 Å². The molecule has 0 aliphatic rings. The molecule has 4 nitrogen and oxygen atoms in total. The number of nitrogens with one attached hydrogen (secondary N) is 1. The number of benzene rings is 1. The number of nitriles is 1. The molecule has 1 aromatic carbocycles. The lowest BCUT2D eigenvalue weighted by Crippen LogP contribution is -2.00. The van der Waals surface area contributed by atoms with Gasteiger partial charge in [-0.05, 0) is 11.6 Å². The van der Waals surface area contributed by atoms with E-state index in [4.69, 9.17) is 5.26 Å². The molecule has 1 aromatic heterocycles. The molecule has 4 heteroatoms. The molecule has 0 bridgehead atoms. The molecule has 16 heavy (non-hydrogen) atoms. The molecule has 0 aliphatic carbocycles. The van der Waals surface area contributed by atoms with Gasteiger partial charge in [-0.25, -0.2) is 0 Å². The van der Waals surface area contributed by atoms with Gasteiger partial charge in [-0.3, -0.25) is 4.68 Å². The van der Waals surface area contributed by atoms with Crippen LogP contribution in [-0.2, 0) is 13.6 Å². The third kappa shape index (κ3) is 2.20. The van der Waals surface area contributed by atoms with Crippen molar-refractivity contribution < 1.29 is 0 Å². The Morgan fingerprint density at radius 3 is 2.94 bits per heavy atom. The van der Waals surface area contributed by atoms with Crippen molar-refractivity contribution in [2.45, 2.75) is 6.54 Å². The zero-order valence-corrected chi connectivity index (χ0v) is 9.01. The molecule has 0 radical (unpaired) electrons. The molecule has 0 fully saturated rings. The first kappa shape index (κ1) is 10.2. The lowest BCUT2D eigenvalue weighted by atomic mass is 10.1. The van der Waals surface area contributed by atoms with E-state index in [1.165, 1.54) is 0 Å². The van der Waals surface area contributed by atoms with Gasteiger partial charge in [0.1, 0.15) is 0 Å². The zero-order chi connectivity index (χ0) is 11.4. The summed E-state index contributed by atoms with van der Waals surface area (Å²) in [5.41, 5.74) is 2.66. The third-order valence-corrected chi connectivity index (χ3v) is 2.33. The minimum atomic E-state index is 0.634. The van der Waals surface area contributed by atoms with Crippen molar-refractivity contribution in [3.05, 3.63) is 47.8 Å². The van der Waals surface area contributed by atoms with Crippen molar-refractivity contribution in [2.75, 3.05) is 5.32 Å². The third-order valence-electron chi connectivity index (χ3n) is 2.33. The number of aryl methyl sites for hydroxylation is 1. The van der Waals surface area contributed by atoms with E-state index in [2.05, 4.69) is 16.5 Å². The molecule has 0 saturated carbocycles. The van der Waals surface area contributed by atoms with Gasteiger partial charge in [0.25, 0.3) is 0 Å². The number of anilines is 1. The molecule has 0 amide bonds. The Morgan fingerprint density at radius 1 is 1.44 bits per heavy atom. The minimum Gasteiger partial charge on any atom is -0.378 e. The van der Waals surface area contributed by atoms with Crippen LogP contribution in [0, 0.1) is 11.3 Å². The largest absolute Gasteiger partial charge is 0.378 e. The molecule has 1 N–H and O–H groups in total. The summed E-state index contributed by atoms with van der Waals surface area (Å²) in [5, 5.41) is 16.2. The molecule has 2 rings (SSSR count).